The first-order chi connectivity index (χ1) is 20.3. The van der Waals surface area contributed by atoms with Crippen LogP contribution < -0.4 is 15.8 Å². The van der Waals surface area contributed by atoms with E-state index in [9.17, 15) is 14.7 Å². The van der Waals surface area contributed by atoms with Gasteiger partial charge < -0.3 is 35.5 Å². The number of nitrogens with one attached hydrogen (secondary N) is 1. The number of carbonyl (C=O) groups excluding carboxylic acids is 1. The van der Waals surface area contributed by atoms with Crippen molar-refractivity contribution >= 4 is 34.7 Å². The van der Waals surface area contributed by atoms with Crippen molar-refractivity contribution in [1.82, 2.24) is 24.3 Å². The fourth-order valence-corrected chi connectivity index (χ4v) is 5.41. The van der Waals surface area contributed by atoms with Gasteiger partial charge in [-0.3, -0.25) is 14.5 Å². The van der Waals surface area contributed by atoms with Crippen LogP contribution in [0.2, 0.25) is 0 Å². The third-order valence-corrected chi connectivity index (χ3v) is 7.69. The predicted octanol–water partition coefficient (Wildman–Crippen LogP) is 2.93. The molecule has 1 amide bonds. The van der Waals surface area contributed by atoms with Gasteiger partial charge in [0.05, 0.1) is 31.8 Å². The van der Waals surface area contributed by atoms with Gasteiger partial charge in [-0.1, -0.05) is 25.8 Å². The lowest BCUT2D eigenvalue weighted by atomic mass is 10.1. The fraction of sp³-hybridized carbons (Fsp3) is 0.533. The summed E-state index contributed by atoms with van der Waals surface area (Å²) in [7, 11) is 1.66. The lowest BCUT2D eigenvalue weighted by Gasteiger charge is -2.35. The quantitative estimate of drug-likeness (QED) is 0.210. The molecule has 4 rings (SSSR count). The molecule has 5 N–H and O–H groups in total. The number of hydrogen-bond donors (Lipinski definition) is 4. The van der Waals surface area contributed by atoms with E-state index in [1.165, 1.54) is 0 Å². The second-order valence-corrected chi connectivity index (χ2v) is 10.8. The van der Waals surface area contributed by atoms with Crippen LogP contribution in [0.15, 0.2) is 30.5 Å². The van der Waals surface area contributed by atoms with Crippen LogP contribution in [0.5, 0.6) is 5.75 Å². The number of aromatic nitrogens is 3. The van der Waals surface area contributed by atoms with E-state index >= 15 is 0 Å². The number of anilines is 2. The van der Waals surface area contributed by atoms with Gasteiger partial charge in [-0.05, 0) is 36.6 Å². The standard InChI is InChI=1S/C30H43N7O5/c1-3-4-6-23(20-38)32-29-28-24(33-30(31)34-29)11-12-37(28)19-22-17-21(9-10-25(22)42-2)18-35-13-15-36(16-14-35)26(39)7-5-8-27(40)41/h9-12,17,23,38H,3-8,13-16,18-20H2,1-2H3,(H,40,41)(H3,31,32,33,34). The highest BCUT2D eigenvalue weighted by Crippen LogP contribution is 2.28. The molecule has 3 aromatic rings. The summed E-state index contributed by atoms with van der Waals surface area (Å²) in [5.74, 6) is 0.709. The zero-order chi connectivity index (χ0) is 30.1. The third kappa shape index (κ3) is 8.10. The average molecular weight is 582 g/mol. The summed E-state index contributed by atoms with van der Waals surface area (Å²) in [4.78, 5) is 36.2. The van der Waals surface area contributed by atoms with Crippen LogP contribution >= 0.6 is 0 Å². The van der Waals surface area contributed by atoms with E-state index in [2.05, 4.69) is 43.8 Å². The minimum atomic E-state index is -0.871. The average Bonchev–Trinajstić information content (AvgIpc) is 3.37. The number of amides is 1. The van der Waals surface area contributed by atoms with Gasteiger partial charge in [0.1, 0.15) is 11.3 Å². The van der Waals surface area contributed by atoms with E-state index in [0.29, 0.717) is 31.9 Å². The smallest absolute Gasteiger partial charge is 0.303 e. The number of nitrogens with zero attached hydrogens (tertiary/aromatic N) is 5. The van der Waals surface area contributed by atoms with Crippen molar-refractivity contribution in [2.75, 3.05) is 50.9 Å². The maximum Gasteiger partial charge on any atom is 0.303 e. The minimum absolute atomic E-state index is 0.00484. The highest BCUT2D eigenvalue weighted by Gasteiger charge is 2.22. The van der Waals surface area contributed by atoms with Crippen LogP contribution in [0, 0.1) is 0 Å². The number of aliphatic hydroxyl groups is 1. The van der Waals surface area contributed by atoms with Crippen LogP contribution in [-0.4, -0.2) is 92.4 Å². The Bertz CT molecular complexity index is 1350. The normalized spacial score (nSPS) is 14.7. The molecule has 12 nitrogen and oxygen atoms in total. The number of carbonyl (C=O) groups is 2. The number of nitrogens with two attached hydrogens (primary N) is 1. The molecule has 1 aliphatic rings. The van der Waals surface area contributed by atoms with Crippen molar-refractivity contribution in [2.24, 2.45) is 0 Å². The molecule has 1 unspecified atom stereocenters. The summed E-state index contributed by atoms with van der Waals surface area (Å²) in [6, 6.07) is 7.98. The number of fused-ring (bicyclic) bond motifs is 1. The summed E-state index contributed by atoms with van der Waals surface area (Å²) >= 11 is 0. The van der Waals surface area contributed by atoms with Crippen LogP contribution in [0.25, 0.3) is 11.0 Å². The number of carboxylic acid groups (broad SMARTS) is 1. The van der Waals surface area contributed by atoms with Gasteiger partial charge in [-0.25, -0.2) is 4.98 Å². The maximum atomic E-state index is 12.4. The van der Waals surface area contributed by atoms with Crippen molar-refractivity contribution in [3.63, 3.8) is 0 Å². The molecule has 0 radical (unpaired) electrons. The Balaban J connectivity index is 1.46. The van der Waals surface area contributed by atoms with Crippen molar-refractivity contribution in [3.8, 4) is 5.75 Å². The van der Waals surface area contributed by atoms with Crippen molar-refractivity contribution < 1.29 is 24.5 Å². The predicted molar refractivity (Wildman–Crippen MR) is 161 cm³/mol. The Morgan fingerprint density at radius 2 is 1.88 bits per heavy atom. The van der Waals surface area contributed by atoms with Crippen LogP contribution in [0.4, 0.5) is 11.8 Å². The number of piperazine rings is 1. The molecule has 1 fully saturated rings. The summed E-state index contributed by atoms with van der Waals surface area (Å²) < 4.78 is 7.78. The molecular weight excluding hydrogens is 538 g/mol. The molecule has 0 bridgehead atoms. The Kier molecular flexibility index (Phi) is 11.0. The van der Waals surface area contributed by atoms with Gasteiger partial charge in [0.15, 0.2) is 5.82 Å². The second kappa shape index (κ2) is 14.8. The van der Waals surface area contributed by atoms with E-state index in [1.54, 1.807) is 7.11 Å². The Morgan fingerprint density at radius 1 is 1.10 bits per heavy atom. The SMILES string of the molecule is CCCCC(CO)Nc1nc(N)nc2ccn(Cc3cc(CN4CCN(C(=O)CCCC(=O)O)CC4)ccc3OC)c12. The van der Waals surface area contributed by atoms with E-state index in [-0.39, 0.29) is 37.3 Å². The summed E-state index contributed by atoms with van der Waals surface area (Å²) in [6.07, 6.45) is 5.48. The first kappa shape index (κ1) is 31.0. The number of rotatable bonds is 15. The lowest BCUT2D eigenvalue weighted by molar-refractivity contribution is -0.137. The first-order valence-corrected chi connectivity index (χ1v) is 14.7. The molecule has 2 aromatic heterocycles. The maximum absolute atomic E-state index is 12.4. The van der Waals surface area contributed by atoms with Gasteiger partial charge in [-0.2, -0.15) is 4.98 Å². The highest BCUT2D eigenvalue weighted by atomic mass is 16.5. The van der Waals surface area contributed by atoms with E-state index < -0.39 is 5.97 Å². The molecule has 0 aliphatic carbocycles. The molecule has 12 heteroatoms. The van der Waals surface area contributed by atoms with Crippen molar-refractivity contribution in [2.45, 2.75) is 64.6 Å². The monoisotopic (exact) mass is 581 g/mol. The number of aliphatic hydroxyl groups excluding tert-OH is 1. The molecule has 1 aromatic carbocycles. The Morgan fingerprint density at radius 3 is 2.57 bits per heavy atom. The molecule has 1 aliphatic heterocycles. The molecule has 228 valence electrons. The number of carboxylic acids is 1. The number of benzene rings is 1. The fourth-order valence-electron chi connectivity index (χ4n) is 5.41. The number of nitrogen functional groups attached to an aromatic ring is 1. The molecule has 1 saturated heterocycles. The van der Waals surface area contributed by atoms with Crippen LogP contribution in [0.1, 0.15) is 56.6 Å². The summed E-state index contributed by atoms with van der Waals surface area (Å²) in [6.45, 7) is 6.17. The minimum Gasteiger partial charge on any atom is -0.496 e. The number of aliphatic carboxylic acids is 1. The highest BCUT2D eigenvalue weighted by molar-refractivity contribution is 5.87. The topological polar surface area (TPSA) is 159 Å². The van der Waals surface area contributed by atoms with Gasteiger partial charge in [0, 0.05) is 57.3 Å². The van der Waals surface area contributed by atoms with Crippen molar-refractivity contribution in [1.29, 1.82) is 0 Å². The van der Waals surface area contributed by atoms with E-state index in [0.717, 1.165) is 66.8 Å². The van der Waals surface area contributed by atoms with Gasteiger partial charge in [-0.15, -0.1) is 0 Å². The first-order valence-electron chi connectivity index (χ1n) is 14.7. The number of hydrogen-bond acceptors (Lipinski definition) is 9. The van der Waals surface area contributed by atoms with Crippen LogP contribution in [0.3, 0.4) is 0 Å². The second-order valence-electron chi connectivity index (χ2n) is 10.8. The van der Waals surface area contributed by atoms with Crippen molar-refractivity contribution in [3.05, 3.63) is 41.6 Å². The molecule has 0 spiro atoms. The zero-order valence-corrected chi connectivity index (χ0v) is 24.6. The molecule has 3 heterocycles. The molecule has 1 atom stereocenters. The largest absolute Gasteiger partial charge is 0.496 e. The molecular formula is C30H43N7O5. The lowest BCUT2D eigenvalue weighted by Crippen LogP contribution is -2.48. The Labute approximate surface area is 246 Å². The van der Waals surface area contributed by atoms with Gasteiger partial charge in [0.25, 0.3) is 0 Å². The summed E-state index contributed by atoms with van der Waals surface area (Å²) in [5, 5.41) is 22.1. The number of unbranched alkanes of at least 4 members (excludes halogenated alkanes) is 1. The van der Waals surface area contributed by atoms with Gasteiger partial charge in [0.2, 0.25) is 11.9 Å². The van der Waals surface area contributed by atoms with E-state index in [1.807, 2.05) is 23.2 Å². The van der Waals surface area contributed by atoms with E-state index in [4.69, 9.17) is 15.6 Å². The summed E-state index contributed by atoms with van der Waals surface area (Å²) in [5.41, 5.74) is 9.70. The zero-order valence-electron chi connectivity index (χ0n) is 24.6. The van der Waals surface area contributed by atoms with Crippen LogP contribution in [-0.2, 0) is 22.7 Å². The Hall–Kier alpha value is -3.90. The number of methoxy groups -OCH3 is 1. The van der Waals surface area contributed by atoms with Gasteiger partial charge >= 0.3 is 5.97 Å². The number of ether oxygens (including phenoxy) is 1. The molecule has 0 saturated carbocycles. The third-order valence-electron chi connectivity index (χ3n) is 7.69. The molecule has 42 heavy (non-hydrogen) atoms.